The van der Waals surface area contributed by atoms with Crippen LogP contribution >= 0.6 is 0 Å². The molecule has 2 N–H and O–H groups in total. The van der Waals surface area contributed by atoms with Crippen LogP contribution in [0.3, 0.4) is 0 Å². The van der Waals surface area contributed by atoms with Crippen molar-refractivity contribution in [3.63, 3.8) is 0 Å². The molecule has 188 valence electrons. The summed E-state index contributed by atoms with van der Waals surface area (Å²) in [5, 5.41) is 5.42. The van der Waals surface area contributed by atoms with Crippen LogP contribution in [-0.2, 0) is 4.79 Å². The van der Waals surface area contributed by atoms with E-state index in [-0.39, 0.29) is 11.8 Å². The first-order chi connectivity index (χ1) is 17.9. The Hall–Kier alpha value is -4.78. The number of rotatable bonds is 8. The first-order valence-electron chi connectivity index (χ1n) is 11.8. The largest absolute Gasteiger partial charge is 0.497 e. The van der Waals surface area contributed by atoms with E-state index in [1.54, 1.807) is 67.8 Å². The van der Waals surface area contributed by atoms with Gasteiger partial charge in [0.1, 0.15) is 23.0 Å². The second kappa shape index (κ2) is 11.8. The molecule has 7 nitrogen and oxygen atoms in total. The topological polar surface area (TPSA) is 85.9 Å². The van der Waals surface area contributed by atoms with Crippen molar-refractivity contribution < 1.29 is 23.8 Å². The molecule has 4 rings (SSSR count). The molecule has 0 fully saturated rings. The van der Waals surface area contributed by atoms with Crippen LogP contribution in [-0.4, -0.2) is 19.1 Å². The number of carbonyl (C=O) groups excluding carboxylic acids is 2. The minimum Gasteiger partial charge on any atom is -0.497 e. The molecule has 0 aliphatic carbocycles. The van der Waals surface area contributed by atoms with Crippen LogP contribution in [0.2, 0.25) is 0 Å². The van der Waals surface area contributed by atoms with Gasteiger partial charge in [0.2, 0.25) is 5.91 Å². The molecule has 1 atom stereocenters. The molecular weight excluding hydrogens is 468 g/mol. The highest BCUT2D eigenvalue weighted by molar-refractivity contribution is 5.88. The molecule has 0 saturated carbocycles. The predicted octanol–water partition coefficient (Wildman–Crippen LogP) is 7.21. The van der Waals surface area contributed by atoms with E-state index in [0.717, 1.165) is 11.3 Å². The Morgan fingerprint density at radius 1 is 0.622 bits per heavy atom. The van der Waals surface area contributed by atoms with Crippen molar-refractivity contribution >= 4 is 23.4 Å². The van der Waals surface area contributed by atoms with Gasteiger partial charge in [0.05, 0.1) is 7.11 Å². The van der Waals surface area contributed by atoms with Gasteiger partial charge in [-0.1, -0.05) is 31.2 Å². The van der Waals surface area contributed by atoms with Crippen molar-refractivity contribution in [2.24, 2.45) is 0 Å². The highest BCUT2D eigenvalue weighted by Gasteiger charge is 2.11. The first-order valence-corrected chi connectivity index (χ1v) is 11.8. The van der Waals surface area contributed by atoms with Crippen LogP contribution in [0.1, 0.15) is 30.9 Å². The highest BCUT2D eigenvalue weighted by atomic mass is 16.6. The maximum absolute atomic E-state index is 12.4. The number of anilines is 2. The van der Waals surface area contributed by atoms with Crippen molar-refractivity contribution in [2.75, 3.05) is 17.7 Å². The number of hydrogen-bond acceptors (Lipinski definition) is 5. The van der Waals surface area contributed by atoms with Gasteiger partial charge in [-0.3, -0.25) is 10.1 Å². The third kappa shape index (κ3) is 7.11. The lowest BCUT2D eigenvalue weighted by molar-refractivity contribution is -0.114. The molecular formula is C30H28N2O5. The number of ether oxygens (including phenoxy) is 3. The fourth-order valence-corrected chi connectivity index (χ4v) is 3.71. The van der Waals surface area contributed by atoms with E-state index in [2.05, 4.69) is 17.6 Å². The van der Waals surface area contributed by atoms with Gasteiger partial charge in [-0.2, -0.15) is 0 Å². The number of carbonyl (C=O) groups is 2. The Bertz CT molecular complexity index is 1330. The molecule has 0 bridgehead atoms. The summed E-state index contributed by atoms with van der Waals surface area (Å²) in [6, 6.07) is 29.4. The molecule has 7 heteroatoms. The van der Waals surface area contributed by atoms with Gasteiger partial charge in [-0.15, -0.1) is 0 Å². The second-order valence-corrected chi connectivity index (χ2v) is 8.41. The summed E-state index contributed by atoms with van der Waals surface area (Å²) >= 11 is 0. The number of amides is 2. The summed E-state index contributed by atoms with van der Waals surface area (Å²) in [5.74, 6) is 2.55. The number of methoxy groups -OCH3 is 1. The molecule has 0 heterocycles. The summed E-state index contributed by atoms with van der Waals surface area (Å²) in [5.41, 5.74) is 3.54. The predicted molar refractivity (Wildman–Crippen MR) is 144 cm³/mol. The van der Waals surface area contributed by atoms with Gasteiger partial charge < -0.3 is 19.5 Å². The molecule has 4 aromatic rings. The molecule has 0 spiro atoms. The zero-order valence-corrected chi connectivity index (χ0v) is 20.9. The van der Waals surface area contributed by atoms with Crippen molar-refractivity contribution in [1.82, 2.24) is 0 Å². The van der Waals surface area contributed by atoms with E-state index in [0.29, 0.717) is 28.6 Å². The maximum atomic E-state index is 12.4. The SMILES string of the molecule is COc1ccc(C(C)c2ccc(OC(=O)Nc3ccc(Oc4ccc(NC(C)=O)cc4)cc3)cc2)cc1. The Balaban J connectivity index is 1.29. The molecule has 2 amide bonds. The lowest BCUT2D eigenvalue weighted by Gasteiger charge is -2.14. The number of nitrogens with one attached hydrogen (secondary N) is 2. The second-order valence-electron chi connectivity index (χ2n) is 8.41. The zero-order chi connectivity index (χ0) is 26.2. The van der Waals surface area contributed by atoms with Gasteiger partial charge in [-0.25, -0.2) is 4.79 Å². The molecule has 1 unspecified atom stereocenters. The van der Waals surface area contributed by atoms with Gasteiger partial charge in [0, 0.05) is 24.2 Å². The van der Waals surface area contributed by atoms with Crippen LogP contribution in [0, 0.1) is 0 Å². The van der Waals surface area contributed by atoms with Crippen LogP contribution < -0.4 is 24.8 Å². The van der Waals surface area contributed by atoms with E-state index in [4.69, 9.17) is 14.2 Å². The molecule has 4 aromatic carbocycles. The fraction of sp³-hybridized carbons (Fsp3) is 0.133. The van der Waals surface area contributed by atoms with Crippen molar-refractivity contribution in [1.29, 1.82) is 0 Å². The Labute approximate surface area is 216 Å². The van der Waals surface area contributed by atoms with Crippen molar-refractivity contribution in [2.45, 2.75) is 19.8 Å². The first kappa shape index (κ1) is 25.3. The average molecular weight is 497 g/mol. The summed E-state index contributed by atoms with van der Waals surface area (Å²) in [6.45, 7) is 3.58. The molecule has 0 aromatic heterocycles. The Morgan fingerprint density at radius 2 is 1.05 bits per heavy atom. The van der Waals surface area contributed by atoms with E-state index < -0.39 is 6.09 Å². The average Bonchev–Trinajstić information content (AvgIpc) is 2.91. The van der Waals surface area contributed by atoms with Gasteiger partial charge in [0.25, 0.3) is 0 Å². The maximum Gasteiger partial charge on any atom is 0.417 e. The minimum absolute atomic E-state index is 0.133. The molecule has 0 aliphatic heterocycles. The monoisotopic (exact) mass is 496 g/mol. The van der Waals surface area contributed by atoms with Gasteiger partial charge >= 0.3 is 6.09 Å². The quantitative estimate of drug-likeness (QED) is 0.269. The van der Waals surface area contributed by atoms with Crippen LogP contribution in [0.15, 0.2) is 97.1 Å². The number of hydrogen-bond donors (Lipinski definition) is 2. The van der Waals surface area contributed by atoms with E-state index in [1.807, 2.05) is 36.4 Å². The van der Waals surface area contributed by atoms with Crippen LogP contribution in [0.4, 0.5) is 16.2 Å². The zero-order valence-electron chi connectivity index (χ0n) is 20.9. The standard InChI is InChI=1S/C30H28N2O5/c1-20(22-4-12-26(35-3)13-5-22)23-6-14-29(15-7-23)37-30(34)32-25-10-18-28(19-11-25)36-27-16-8-24(9-17-27)31-21(2)33/h4-20H,1-3H3,(H,31,33)(H,32,34). The minimum atomic E-state index is -0.585. The van der Waals surface area contributed by atoms with Crippen LogP contribution in [0.5, 0.6) is 23.0 Å². The lowest BCUT2D eigenvalue weighted by Crippen LogP contribution is -2.16. The van der Waals surface area contributed by atoms with E-state index in [9.17, 15) is 9.59 Å². The van der Waals surface area contributed by atoms with E-state index in [1.165, 1.54) is 12.5 Å². The number of benzene rings is 4. The normalized spacial score (nSPS) is 11.2. The van der Waals surface area contributed by atoms with Gasteiger partial charge in [0.15, 0.2) is 0 Å². The smallest absolute Gasteiger partial charge is 0.417 e. The highest BCUT2D eigenvalue weighted by Crippen LogP contribution is 2.28. The summed E-state index contributed by atoms with van der Waals surface area (Å²) in [6.07, 6.45) is -0.585. The molecule has 0 radical (unpaired) electrons. The van der Waals surface area contributed by atoms with Crippen molar-refractivity contribution in [3.8, 4) is 23.0 Å². The summed E-state index contributed by atoms with van der Waals surface area (Å²) in [7, 11) is 1.65. The molecule has 0 saturated heterocycles. The molecule has 0 aliphatic rings. The van der Waals surface area contributed by atoms with Crippen molar-refractivity contribution in [3.05, 3.63) is 108 Å². The van der Waals surface area contributed by atoms with Crippen LogP contribution in [0.25, 0.3) is 0 Å². The Kier molecular flexibility index (Phi) is 8.05. The third-order valence-electron chi connectivity index (χ3n) is 5.72. The molecule has 37 heavy (non-hydrogen) atoms. The lowest BCUT2D eigenvalue weighted by atomic mass is 9.93. The third-order valence-corrected chi connectivity index (χ3v) is 5.72. The van der Waals surface area contributed by atoms with E-state index >= 15 is 0 Å². The Morgan fingerprint density at radius 3 is 1.51 bits per heavy atom. The van der Waals surface area contributed by atoms with Gasteiger partial charge in [-0.05, 0) is 83.9 Å². The summed E-state index contributed by atoms with van der Waals surface area (Å²) in [4.78, 5) is 23.5. The summed E-state index contributed by atoms with van der Waals surface area (Å²) < 4.78 is 16.5. The fourth-order valence-electron chi connectivity index (χ4n) is 3.71.